The van der Waals surface area contributed by atoms with Crippen LogP contribution in [0.15, 0.2) is 72.9 Å². The third kappa shape index (κ3) is 5.19. The predicted molar refractivity (Wildman–Crippen MR) is 114 cm³/mol. The number of carbonyl (C=O) groups excluding carboxylic acids is 1. The summed E-state index contributed by atoms with van der Waals surface area (Å²) in [5.74, 6) is -0.0518. The molecule has 1 N–H and O–H groups in total. The molecule has 2 aromatic carbocycles. The van der Waals surface area contributed by atoms with E-state index in [2.05, 4.69) is 41.5 Å². The van der Waals surface area contributed by atoms with Gasteiger partial charge >= 0.3 is 0 Å². The van der Waals surface area contributed by atoms with Crippen molar-refractivity contribution in [2.24, 2.45) is 0 Å². The van der Waals surface area contributed by atoms with E-state index >= 15 is 0 Å². The summed E-state index contributed by atoms with van der Waals surface area (Å²) in [7, 11) is 0. The molecule has 1 amide bonds. The zero-order valence-corrected chi connectivity index (χ0v) is 16.7. The van der Waals surface area contributed by atoms with E-state index in [1.165, 1.54) is 11.1 Å². The minimum absolute atomic E-state index is 0.0518. The highest BCUT2D eigenvalue weighted by Gasteiger charge is 2.20. The van der Waals surface area contributed by atoms with E-state index in [-0.39, 0.29) is 11.9 Å². The number of rotatable bonds is 7. The summed E-state index contributed by atoms with van der Waals surface area (Å²) in [6.07, 6.45) is 1.73. The van der Waals surface area contributed by atoms with Crippen LogP contribution in [0.25, 0.3) is 0 Å². The molecule has 0 aliphatic heterocycles. The summed E-state index contributed by atoms with van der Waals surface area (Å²) in [5, 5.41) is 3.36. The first-order chi connectivity index (χ1) is 13.5. The summed E-state index contributed by atoms with van der Waals surface area (Å²) in [5.41, 5.74) is 4.93. The van der Waals surface area contributed by atoms with Crippen molar-refractivity contribution < 1.29 is 4.79 Å². The van der Waals surface area contributed by atoms with Crippen LogP contribution in [0.5, 0.6) is 0 Å². The van der Waals surface area contributed by atoms with Gasteiger partial charge in [-0.3, -0.25) is 4.79 Å². The lowest BCUT2D eigenvalue weighted by Gasteiger charge is -2.26. The Bertz CT molecular complexity index is 905. The van der Waals surface area contributed by atoms with Crippen molar-refractivity contribution in [3.63, 3.8) is 0 Å². The fraction of sp³-hybridized carbons (Fsp3) is 0.250. The van der Waals surface area contributed by atoms with Crippen LogP contribution in [0.1, 0.15) is 41.0 Å². The van der Waals surface area contributed by atoms with Crippen LogP contribution in [0.3, 0.4) is 0 Å². The molecule has 0 fully saturated rings. The number of carbonyl (C=O) groups is 1. The lowest BCUT2D eigenvalue weighted by molar-refractivity contribution is 0.0684. The largest absolute Gasteiger partial charge is 0.380 e. The van der Waals surface area contributed by atoms with Crippen molar-refractivity contribution >= 4 is 11.6 Å². The van der Waals surface area contributed by atoms with Gasteiger partial charge in [0.1, 0.15) is 5.69 Å². The molecule has 0 spiro atoms. The number of benzene rings is 2. The van der Waals surface area contributed by atoms with Gasteiger partial charge in [-0.15, -0.1) is 0 Å². The van der Waals surface area contributed by atoms with Crippen LogP contribution < -0.4 is 5.32 Å². The minimum Gasteiger partial charge on any atom is -0.380 e. The Morgan fingerprint density at radius 2 is 1.75 bits per heavy atom. The van der Waals surface area contributed by atoms with Crippen LogP contribution in [0.2, 0.25) is 0 Å². The Balaban J connectivity index is 1.66. The van der Waals surface area contributed by atoms with Gasteiger partial charge in [0.25, 0.3) is 5.91 Å². The number of nitrogens with zero attached hydrogens (tertiary/aromatic N) is 2. The van der Waals surface area contributed by atoms with Gasteiger partial charge in [0.05, 0.1) is 11.9 Å². The highest BCUT2D eigenvalue weighted by Crippen LogP contribution is 2.15. The van der Waals surface area contributed by atoms with E-state index < -0.39 is 0 Å². The Labute approximate surface area is 167 Å². The summed E-state index contributed by atoms with van der Waals surface area (Å²) in [6.45, 7) is 7.44. The number of nitrogens with one attached hydrogen (secondary N) is 1. The number of aryl methyl sites for hydroxylation is 1. The standard InChI is InChI=1S/C24H27N3O/c1-18(2)27(17-20-9-5-4-6-10-20)24(28)23-13-12-22(16-26-23)25-15-21-11-7-8-19(3)14-21/h4-14,16,18,25H,15,17H2,1-3H3. The molecule has 28 heavy (non-hydrogen) atoms. The molecule has 0 saturated heterocycles. The monoisotopic (exact) mass is 373 g/mol. The zero-order valence-electron chi connectivity index (χ0n) is 16.7. The number of amides is 1. The van der Waals surface area contributed by atoms with E-state index in [0.717, 1.165) is 17.8 Å². The van der Waals surface area contributed by atoms with E-state index in [1.54, 1.807) is 12.3 Å². The first-order valence-corrected chi connectivity index (χ1v) is 9.63. The number of anilines is 1. The topological polar surface area (TPSA) is 45.2 Å². The molecule has 4 nitrogen and oxygen atoms in total. The smallest absolute Gasteiger partial charge is 0.272 e. The van der Waals surface area contributed by atoms with Crippen molar-refractivity contribution in [3.05, 3.63) is 95.3 Å². The first kappa shape index (κ1) is 19.6. The molecule has 0 unspecified atom stereocenters. The second-order valence-electron chi connectivity index (χ2n) is 7.29. The summed E-state index contributed by atoms with van der Waals surface area (Å²) >= 11 is 0. The van der Waals surface area contributed by atoms with Gasteiger partial charge in [0, 0.05) is 19.1 Å². The maximum atomic E-state index is 13.0. The Hall–Kier alpha value is -3.14. The molecule has 0 aliphatic carbocycles. The van der Waals surface area contributed by atoms with Crippen LogP contribution >= 0.6 is 0 Å². The van der Waals surface area contributed by atoms with E-state index in [4.69, 9.17) is 0 Å². The van der Waals surface area contributed by atoms with Gasteiger partial charge in [-0.1, -0.05) is 60.2 Å². The molecular formula is C24H27N3O. The average molecular weight is 374 g/mol. The van der Waals surface area contributed by atoms with Crippen molar-refractivity contribution in [2.75, 3.05) is 5.32 Å². The molecule has 3 aromatic rings. The maximum absolute atomic E-state index is 13.0. The molecular weight excluding hydrogens is 346 g/mol. The second-order valence-corrected chi connectivity index (χ2v) is 7.29. The van der Waals surface area contributed by atoms with E-state index in [1.807, 2.05) is 55.1 Å². The molecule has 144 valence electrons. The normalized spacial score (nSPS) is 10.7. The lowest BCUT2D eigenvalue weighted by Crippen LogP contribution is -2.36. The molecule has 0 radical (unpaired) electrons. The third-order valence-electron chi connectivity index (χ3n) is 4.64. The molecule has 1 heterocycles. The van der Waals surface area contributed by atoms with Crippen molar-refractivity contribution in [1.29, 1.82) is 0 Å². The van der Waals surface area contributed by atoms with Gasteiger partial charge in [0.15, 0.2) is 0 Å². The Morgan fingerprint density at radius 3 is 2.39 bits per heavy atom. The molecule has 0 bridgehead atoms. The fourth-order valence-electron chi connectivity index (χ4n) is 3.07. The van der Waals surface area contributed by atoms with Gasteiger partial charge in [0.2, 0.25) is 0 Å². The van der Waals surface area contributed by atoms with Crippen LogP contribution in [-0.2, 0) is 13.1 Å². The molecule has 4 heteroatoms. The third-order valence-corrected chi connectivity index (χ3v) is 4.64. The van der Waals surface area contributed by atoms with Gasteiger partial charge in [-0.25, -0.2) is 4.98 Å². The van der Waals surface area contributed by atoms with Crippen LogP contribution in [0, 0.1) is 6.92 Å². The maximum Gasteiger partial charge on any atom is 0.272 e. The minimum atomic E-state index is -0.0518. The van der Waals surface area contributed by atoms with Crippen LogP contribution in [-0.4, -0.2) is 21.8 Å². The quantitative estimate of drug-likeness (QED) is 0.630. The number of aromatic nitrogens is 1. The summed E-state index contributed by atoms with van der Waals surface area (Å²) in [6, 6.07) is 22.2. The van der Waals surface area contributed by atoms with Gasteiger partial charge in [-0.05, 0) is 44.0 Å². The molecule has 0 aliphatic rings. The Morgan fingerprint density at radius 1 is 1.00 bits per heavy atom. The van der Waals surface area contributed by atoms with E-state index in [9.17, 15) is 4.79 Å². The summed E-state index contributed by atoms with van der Waals surface area (Å²) < 4.78 is 0. The van der Waals surface area contributed by atoms with Gasteiger partial charge < -0.3 is 10.2 Å². The summed E-state index contributed by atoms with van der Waals surface area (Å²) in [4.78, 5) is 19.2. The van der Waals surface area contributed by atoms with Crippen molar-refractivity contribution in [3.8, 4) is 0 Å². The molecule has 1 aromatic heterocycles. The second kappa shape index (κ2) is 9.18. The number of hydrogen-bond donors (Lipinski definition) is 1. The van der Waals surface area contributed by atoms with Crippen LogP contribution in [0.4, 0.5) is 5.69 Å². The van der Waals surface area contributed by atoms with E-state index in [0.29, 0.717) is 12.2 Å². The zero-order chi connectivity index (χ0) is 19.9. The molecule has 3 rings (SSSR count). The molecule has 0 saturated carbocycles. The van der Waals surface area contributed by atoms with Gasteiger partial charge in [-0.2, -0.15) is 0 Å². The Kier molecular flexibility index (Phi) is 6.43. The lowest BCUT2D eigenvalue weighted by atomic mass is 10.1. The first-order valence-electron chi connectivity index (χ1n) is 9.63. The highest BCUT2D eigenvalue weighted by molar-refractivity contribution is 5.92. The predicted octanol–water partition coefficient (Wildman–Crippen LogP) is 5.05. The fourth-order valence-corrected chi connectivity index (χ4v) is 3.07. The number of hydrogen-bond acceptors (Lipinski definition) is 3. The van der Waals surface area contributed by atoms with Crippen molar-refractivity contribution in [2.45, 2.75) is 39.9 Å². The molecule has 0 atom stereocenters. The number of pyridine rings is 1. The average Bonchev–Trinajstić information content (AvgIpc) is 2.71. The SMILES string of the molecule is Cc1cccc(CNc2ccc(C(=O)N(Cc3ccccc3)C(C)C)nc2)c1. The highest BCUT2D eigenvalue weighted by atomic mass is 16.2. The van der Waals surface area contributed by atoms with Crippen molar-refractivity contribution in [1.82, 2.24) is 9.88 Å².